The van der Waals surface area contributed by atoms with E-state index in [0.717, 1.165) is 17.2 Å². The van der Waals surface area contributed by atoms with Crippen molar-refractivity contribution in [1.29, 1.82) is 0 Å². The number of rotatable bonds is 2. The third-order valence-electron chi connectivity index (χ3n) is 2.10. The van der Waals surface area contributed by atoms with Crippen molar-refractivity contribution in [3.63, 3.8) is 0 Å². The Bertz CT molecular complexity index is 566. The minimum atomic E-state index is 0.479. The molecule has 2 heterocycles. The van der Waals surface area contributed by atoms with Gasteiger partial charge in [-0.15, -0.1) is 0 Å². The van der Waals surface area contributed by atoms with Crippen LogP contribution in [0.4, 0.5) is 0 Å². The molecule has 2 aromatic heterocycles. The summed E-state index contributed by atoms with van der Waals surface area (Å²) < 4.78 is 2.06. The summed E-state index contributed by atoms with van der Waals surface area (Å²) in [4.78, 5) is 4.21. The lowest BCUT2D eigenvalue weighted by molar-refractivity contribution is 0.814. The third-order valence-corrected chi connectivity index (χ3v) is 2.36. The van der Waals surface area contributed by atoms with Crippen LogP contribution in [0.5, 0.6) is 0 Å². The highest BCUT2D eigenvalue weighted by Gasteiger charge is 2.02. The van der Waals surface area contributed by atoms with E-state index >= 15 is 0 Å². The highest BCUT2D eigenvalue weighted by atomic mass is 32.1. The first-order valence-corrected chi connectivity index (χ1v) is 5.20. The summed E-state index contributed by atoms with van der Waals surface area (Å²) in [6.07, 6.45) is 1.73. The third kappa shape index (κ3) is 2.06. The molecule has 0 aliphatic carbocycles. The van der Waals surface area contributed by atoms with Crippen LogP contribution < -0.4 is 0 Å². The van der Waals surface area contributed by atoms with Gasteiger partial charge in [-0.05, 0) is 38.2 Å². The lowest BCUT2D eigenvalue weighted by Crippen LogP contribution is -2.03. The number of pyridine rings is 1. The molecule has 2 aromatic rings. The maximum absolute atomic E-state index is 5.06. The zero-order valence-corrected chi connectivity index (χ0v) is 9.82. The molecule has 0 fully saturated rings. The monoisotopic (exact) mass is 233 g/mol. The number of aromatic nitrogens is 4. The minimum absolute atomic E-state index is 0.479. The topological polar surface area (TPSA) is 58.9 Å². The molecule has 0 amide bonds. The second-order valence-electron chi connectivity index (χ2n) is 3.29. The van der Waals surface area contributed by atoms with Crippen molar-refractivity contribution in [2.24, 2.45) is 5.10 Å². The van der Waals surface area contributed by atoms with Gasteiger partial charge in [-0.25, -0.2) is 0 Å². The van der Waals surface area contributed by atoms with Crippen LogP contribution in [0.3, 0.4) is 0 Å². The first-order chi connectivity index (χ1) is 7.68. The van der Waals surface area contributed by atoms with E-state index in [-0.39, 0.29) is 0 Å². The molecule has 0 radical (unpaired) electrons. The predicted molar refractivity (Wildman–Crippen MR) is 64.0 cm³/mol. The number of nitrogens with zero attached hydrogens (tertiary/aromatic N) is 4. The van der Waals surface area contributed by atoms with Crippen molar-refractivity contribution < 1.29 is 0 Å². The fraction of sp³-hybridized carbons (Fsp3) is 0.200. The van der Waals surface area contributed by atoms with E-state index in [0.29, 0.717) is 4.77 Å². The van der Waals surface area contributed by atoms with Crippen molar-refractivity contribution in [3.8, 4) is 0 Å². The zero-order valence-electron chi connectivity index (χ0n) is 9.01. The van der Waals surface area contributed by atoms with Gasteiger partial charge >= 0.3 is 0 Å². The molecule has 0 aromatic carbocycles. The zero-order chi connectivity index (χ0) is 11.5. The van der Waals surface area contributed by atoms with E-state index in [2.05, 4.69) is 20.3 Å². The molecule has 0 aliphatic heterocycles. The molecular weight excluding hydrogens is 222 g/mol. The van der Waals surface area contributed by atoms with Gasteiger partial charge in [0.05, 0.1) is 11.4 Å². The Hall–Kier alpha value is -1.82. The number of hydrogen-bond donors (Lipinski definition) is 1. The van der Waals surface area contributed by atoms with Crippen LogP contribution >= 0.6 is 12.2 Å². The summed E-state index contributed by atoms with van der Waals surface area (Å²) in [6.45, 7) is 3.72. The maximum Gasteiger partial charge on any atom is 0.216 e. The summed E-state index contributed by atoms with van der Waals surface area (Å²) >= 11 is 5.06. The van der Waals surface area contributed by atoms with E-state index in [1.165, 1.54) is 0 Å². The fourth-order valence-electron chi connectivity index (χ4n) is 1.27. The Kier molecular flexibility index (Phi) is 2.91. The van der Waals surface area contributed by atoms with Gasteiger partial charge in [-0.2, -0.15) is 14.9 Å². The molecule has 0 atom stereocenters. The van der Waals surface area contributed by atoms with Crippen LogP contribution in [-0.2, 0) is 0 Å². The van der Waals surface area contributed by atoms with E-state index in [1.54, 1.807) is 10.9 Å². The van der Waals surface area contributed by atoms with Gasteiger partial charge in [0.25, 0.3) is 0 Å². The second kappa shape index (κ2) is 4.36. The lowest BCUT2D eigenvalue weighted by Gasteiger charge is -2.00. The quantitative estimate of drug-likeness (QED) is 0.636. The first-order valence-electron chi connectivity index (χ1n) is 4.79. The Labute approximate surface area is 97.9 Å². The summed E-state index contributed by atoms with van der Waals surface area (Å²) in [6, 6.07) is 5.69. The van der Waals surface area contributed by atoms with Gasteiger partial charge < -0.3 is 0 Å². The van der Waals surface area contributed by atoms with Gasteiger partial charge in [0.15, 0.2) is 0 Å². The van der Waals surface area contributed by atoms with Gasteiger partial charge in [0.2, 0.25) is 4.77 Å². The average Bonchev–Trinajstić information content (AvgIpc) is 2.62. The molecule has 5 nitrogen and oxygen atoms in total. The first kappa shape index (κ1) is 10.7. The number of H-pyrrole nitrogens is 1. The van der Waals surface area contributed by atoms with Crippen LogP contribution in [-0.4, -0.2) is 25.6 Å². The highest BCUT2D eigenvalue weighted by Crippen LogP contribution is 2.00. The summed E-state index contributed by atoms with van der Waals surface area (Å²) in [7, 11) is 0. The van der Waals surface area contributed by atoms with Gasteiger partial charge in [-0.1, -0.05) is 6.07 Å². The molecule has 2 rings (SSSR count). The number of aromatic amines is 1. The maximum atomic E-state index is 5.06. The van der Waals surface area contributed by atoms with Gasteiger partial charge in [0, 0.05) is 6.20 Å². The van der Waals surface area contributed by atoms with E-state index < -0.39 is 0 Å². The van der Waals surface area contributed by atoms with Crippen molar-refractivity contribution in [3.05, 3.63) is 40.7 Å². The number of nitrogens with one attached hydrogen (secondary N) is 1. The Morgan fingerprint density at radius 2 is 2.31 bits per heavy atom. The SMILES string of the molecule is C/C(=N\n1c(C)n[nH]c1=S)c1ccccn1. The van der Waals surface area contributed by atoms with E-state index in [4.69, 9.17) is 12.2 Å². The molecule has 1 N–H and O–H groups in total. The van der Waals surface area contributed by atoms with Crippen LogP contribution in [0.2, 0.25) is 0 Å². The average molecular weight is 233 g/mol. The van der Waals surface area contributed by atoms with Crippen LogP contribution in [0.15, 0.2) is 29.5 Å². The largest absolute Gasteiger partial charge is 0.255 e. The molecule has 0 saturated carbocycles. The molecule has 0 bridgehead atoms. The summed E-state index contributed by atoms with van der Waals surface area (Å²) in [5.41, 5.74) is 1.62. The summed E-state index contributed by atoms with van der Waals surface area (Å²) in [5, 5.41) is 11.0. The molecule has 82 valence electrons. The molecule has 0 spiro atoms. The smallest absolute Gasteiger partial charge is 0.216 e. The fourth-order valence-corrected chi connectivity index (χ4v) is 1.48. The number of aryl methyl sites for hydroxylation is 1. The predicted octanol–water partition coefficient (Wildman–Crippen LogP) is 1.92. The number of hydrogen-bond acceptors (Lipinski definition) is 4. The molecule has 0 aliphatic rings. The van der Waals surface area contributed by atoms with E-state index in [1.807, 2.05) is 32.0 Å². The Morgan fingerprint density at radius 3 is 2.88 bits per heavy atom. The van der Waals surface area contributed by atoms with Gasteiger partial charge in [-0.3, -0.25) is 10.1 Å². The standard InChI is InChI=1S/C10H11N5S/c1-7(9-5-3-4-6-11-9)14-15-8(2)12-13-10(15)16/h3-6H,1-2H3,(H,13,16)/b14-7+. The van der Waals surface area contributed by atoms with Crippen molar-refractivity contribution in [1.82, 2.24) is 19.9 Å². The Morgan fingerprint density at radius 1 is 1.50 bits per heavy atom. The molecular formula is C10H11N5S. The van der Waals surface area contributed by atoms with Crippen molar-refractivity contribution in [2.45, 2.75) is 13.8 Å². The van der Waals surface area contributed by atoms with Crippen molar-refractivity contribution >= 4 is 17.9 Å². The lowest BCUT2D eigenvalue weighted by atomic mass is 10.3. The minimum Gasteiger partial charge on any atom is -0.255 e. The van der Waals surface area contributed by atoms with E-state index in [9.17, 15) is 0 Å². The van der Waals surface area contributed by atoms with Crippen LogP contribution in [0, 0.1) is 11.7 Å². The van der Waals surface area contributed by atoms with Gasteiger partial charge in [0.1, 0.15) is 5.82 Å². The molecule has 0 saturated heterocycles. The van der Waals surface area contributed by atoms with Crippen molar-refractivity contribution in [2.75, 3.05) is 0 Å². The Balaban J connectivity index is 2.43. The molecule has 0 unspecified atom stereocenters. The molecule has 16 heavy (non-hydrogen) atoms. The second-order valence-corrected chi connectivity index (χ2v) is 3.67. The van der Waals surface area contributed by atoms with Crippen LogP contribution in [0.25, 0.3) is 0 Å². The van der Waals surface area contributed by atoms with Crippen LogP contribution in [0.1, 0.15) is 18.4 Å². The normalized spacial score (nSPS) is 11.8. The highest BCUT2D eigenvalue weighted by molar-refractivity contribution is 7.71. The summed E-state index contributed by atoms with van der Waals surface area (Å²) in [5.74, 6) is 0.722. The molecule has 6 heteroatoms.